The molecule has 4 aliphatic heterocycles. The highest BCUT2D eigenvalue weighted by molar-refractivity contribution is 5.90. The molecule has 2 aromatic carbocycles. The average Bonchev–Trinajstić information content (AvgIpc) is 3.66. The van der Waals surface area contributed by atoms with Crippen molar-refractivity contribution in [3.05, 3.63) is 48.0 Å². The summed E-state index contributed by atoms with van der Waals surface area (Å²) in [4.78, 5) is 43.8. The number of rotatable bonds is 6. The van der Waals surface area contributed by atoms with E-state index in [2.05, 4.69) is 5.32 Å². The van der Waals surface area contributed by atoms with E-state index in [0.29, 0.717) is 48.9 Å². The monoisotopic (exact) mass is 726 g/mol. The maximum Gasteiger partial charge on any atom is 0.414 e. The van der Waals surface area contributed by atoms with E-state index in [9.17, 15) is 23.2 Å². The van der Waals surface area contributed by atoms with Crippen LogP contribution in [0.3, 0.4) is 0 Å². The SMILES string of the molecule is CC(C)(C)OC(=O)N1CCN(c2ccc(N3C[C@H](CO)OC3=O)cc2F)CC1.Cl.O=C1O[C@@H](CO)CN1c1ccc(N2CCNCC2)c(F)c1. The first-order valence-electron chi connectivity index (χ1n) is 16.3. The van der Waals surface area contributed by atoms with Crippen molar-refractivity contribution in [1.82, 2.24) is 10.2 Å². The molecule has 50 heavy (non-hydrogen) atoms. The second-order valence-corrected chi connectivity index (χ2v) is 13.1. The van der Waals surface area contributed by atoms with Gasteiger partial charge in [-0.2, -0.15) is 0 Å². The summed E-state index contributed by atoms with van der Waals surface area (Å²) in [5.74, 6) is -0.807. The number of aliphatic hydroxyl groups is 2. The summed E-state index contributed by atoms with van der Waals surface area (Å²) in [6, 6.07) is 9.30. The Morgan fingerprint density at radius 2 is 1.24 bits per heavy atom. The summed E-state index contributed by atoms with van der Waals surface area (Å²) in [6.07, 6.45) is -2.67. The normalized spacial score (nSPS) is 20.9. The van der Waals surface area contributed by atoms with Crippen LogP contribution in [0.4, 0.5) is 45.9 Å². The maximum absolute atomic E-state index is 14.7. The Morgan fingerprint density at radius 1 is 0.800 bits per heavy atom. The van der Waals surface area contributed by atoms with Gasteiger partial charge in [0.25, 0.3) is 0 Å². The lowest BCUT2D eigenvalue weighted by molar-refractivity contribution is 0.0240. The molecule has 2 aromatic rings. The number of nitrogens with one attached hydrogen (secondary N) is 1. The quantitative estimate of drug-likeness (QED) is 0.377. The molecule has 2 atom stereocenters. The average molecular weight is 727 g/mol. The molecule has 0 aromatic heterocycles. The lowest BCUT2D eigenvalue weighted by Crippen LogP contribution is -2.50. The Bertz CT molecular complexity index is 1500. The van der Waals surface area contributed by atoms with Gasteiger partial charge in [-0.3, -0.25) is 9.80 Å². The second-order valence-electron chi connectivity index (χ2n) is 13.1. The van der Waals surface area contributed by atoms with Gasteiger partial charge in [0.1, 0.15) is 29.4 Å². The summed E-state index contributed by atoms with van der Waals surface area (Å²) in [5.41, 5.74) is 1.24. The lowest BCUT2D eigenvalue weighted by Gasteiger charge is -2.37. The van der Waals surface area contributed by atoms with Gasteiger partial charge in [0.05, 0.1) is 49.1 Å². The van der Waals surface area contributed by atoms with E-state index in [1.54, 1.807) is 29.2 Å². The molecular formula is C33H45ClF2N6O8. The van der Waals surface area contributed by atoms with Gasteiger partial charge in [-0.25, -0.2) is 23.2 Å². The Labute approximate surface area is 295 Å². The Kier molecular flexibility index (Phi) is 12.9. The number of cyclic esters (lactones) is 2. The molecular weight excluding hydrogens is 682 g/mol. The number of amides is 3. The van der Waals surface area contributed by atoms with Crippen LogP contribution in [0.2, 0.25) is 0 Å². The van der Waals surface area contributed by atoms with Gasteiger partial charge in [0.2, 0.25) is 0 Å². The van der Waals surface area contributed by atoms with Crippen molar-refractivity contribution in [3.63, 3.8) is 0 Å². The molecule has 0 bridgehead atoms. The molecule has 0 radical (unpaired) electrons. The highest BCUT2D eigenvalue weighted by Gasteiger charge is 2.34. The van der Waals surface area contributed by atoms with Crippen molar-refractivity contribution in [3.8, 4) is 0 Å². The summed E-state index contributed by atoms with van der Waals surface area (Å²) >= 11 is 0. The van der Waals surface area contributed by atoms with Crippen molar-refractivity contribution >= 4 is 53.4 Å². The minimum atomic E-state index is -0.601. The summed E-state index contributed by atoms with van der Waals surface area (Å²) in [7, 11) is 0. The fourth-order valence-electron chi connectivity index (χ4n) is 5.86. The predicted molar refractivity (Wildman–Crippen MR) is 185 cm³/mol. The fraction of sp³-hybridized carbons (Fsp3) is 0.545. The standard InChI is InChI=1S/C19H26FN3O5.C14H18FN3O3.ClH/c1-19(2,3)28-17(25)22-8-6-21(7-9-22)16-5-4-13(10-15(16)20)23-11-14(12-24)27-18(23)26;15-12-7-10(18-8-11(9-19)21-14(18)20)1-2-13(12)17-5-3-16-4-6-17;/h4-5,10,14,24H,6-9,11-12H2,1-3H3;1-2,7,11,16,19H,3-6,8-9H2;1H/t14-;11-;/m11./s1. The Hall–Kier alpha value is -4.12. The first-order valence-corrected chi connectivity index (χ1v) is 16.3. The molecule has 4 aliphatic rings. The predicted octanol–water partition coefficient (Wildman–Crippen LogP) is 3.17. The molecule has 4 saturated heterocycles. The molecule has 0 saturated carbocycles. The first kappa shape index (κ1) is 38.7. The molecule has 0 aliphatic carbocycles. The van der Waals surface area contributed by atoms with Crippen LogP contribution >= 0.6 is 12.4 Å². The van der Waals surface area contributed by atoms with E-state index in [0.717, 1.165) is 26.2 Å². The van der Waals surface area contributed by atoms with Gasteiger partial charge in [-0.1, -0.05) is 0 Å². The van der Waals surface area contributed by atoms with E-state index in [4.69, 9.17) is 24.4 Å². The zero-order chi connectivity index (χ0) is 35.3. The lowest BCUT2D eigenvalue weighted by atomic mass is 10.2. The van der Waals surface area contributed by atoms with Gasteiger partial charge in [0.15, 0.2) is 0 Å². The number of carbonyl (C=O) groups is 3. The molecule has 0 unspecified atom stereocenters. The van der Waals surface area contributed by atoms with E-state index < -0.39 is 35.8 Å². The number of piperazine rings is 2. The minimum Gasteiger partial charge on any atom is -0.444 e. The minimum absolute atomic E-state index is 0. The zero-order valence-electron chi connectivity index (χ0n) is 28.3. The fourth-order valence-corrected chi connectivity index (χ4v) is 5.86. The first-order chi connectivity index (χ1) is 23.4. The van der Waals surface area contributed by atoms with Gasteiger partial charge >= 0.3 is 18.3 Å². The highest BCUT2D eigenvalue weighted by Crippen LogP contribution is 2.30. The largest absolute Gasteiger partial charge is 0.444 e. The third-order valence-corrected chi connectivity index (χ3v) is 8.37. The van der Waals surface area contributed by atoms with Crippen LogP contribution in [0, 0.1) is 11.6 Å². The van der Waals surface area contributed by atoms with Crippen LogP contribution in [0.15, 0.2) is 36.4 Å². The highest BCUT2D eigenvalue weighted by atomic mass is 35.5. The third-order valence-electron chi connectivity index (χ3n) is 8.37. The van der Waals surface area contributed by atoms with Crippen LogP contribution in [0.25, 0.3) is 0 Å². The topological polar surface area (TPSA) is 148 Å². The molecule has 276 valence electrons. The van der Waals surface area contributed by atoms with E-state index in [1.807, 2.05) is 30.6 Å². The van der Waals surface area contributed by atoms with Gasteiger partial charge in [-0.15, -0.1) is 12.4 Å². The van der Waals surface area contributed by atoms with Crippen molar-refractivity contribution in [2.24, 2.45) is 0 Å². The molecule has 17 heteroatoms. The summed E-state index contributed by atoms with van der Waals surface area (Å²) < 4.78 is 44.3. The van der Waals surface area contributed by atoms with Crippen molar-refractivity contribution in [2.45, 2.75) is 38.6 Å². The van der Waals surface area contributed by atoms with E-state index in [-0.39, 0.29) is 50.6 Å². The molecule has 3 amide bonds. The van der Waals surface area contributed by atoms with Gasteiger partial charge < -0.3 is 44.4 Å². The van der Waals surface area contributed by atoms with Crippen LogP contribution in [-0.4, -0.2) is 130 Å². The number of anilines is 4. The van der Waals surface area contributed by atoms with Crippen LogP contribution in [-0.2, 0) is 14.2 Å². The van der Waals surface area contributed by atoms with E-state index in [1.165, 1.54) is 21.9 Å². The Morgan fingerprint density at radius 3 is 1.62 bits per heavy atom. The molecule has 6 rings (SSSR count). The maximum atomic E-state index is 14.7. The van der Waals surface area contributed by atoms with Crippen molar-refractivity contribution < 1.29 is 47.6 Å². The molecule has 14 nitrogen and oxygen atoms in total. The van der Waals surface area contributed by atoms with Crippen molar-refractivity contribution in [2.75, 3.05) is 98.3 Å². The summed E-state index contributed by atoms with van der Waals surface area (Å²) in [5, 5.41) is 21.4. The number of ether oxygens (including phenoxy) is 3. The smallest absolute Gasteiger partial charge is 0.414 e. The Balaban J connectivity index is 0.000000229. The molecule has 3 N–H and O–H groups in total. The number of hydrogen-bond acceptors (Lipinski definition) is 11. The van der Waals surface area contributed by atoms with Crippen LogP contribution < -0.4 is 24.9 Å². The van der Waals surface area contributed by atoms with Crippen molar-refractivity contribution in [1.29, 1.82) is 0 Å². The zero-order valence-corrected chi connectivity index (χ0v) is 29.2. The number of carbonyl (C=O) groups excluding carboxylic acids is 3. The third kappa shape index (κ3) is 9.35. The number of benzene rings is 2. The number of halogens is 3. The second kappa shape index (κ2) is 16.7. The number of hydrogen-bond donors (Lipinski definition) is 3. The molecule has 0 spiro atoms. The number of aliphatic hydroxyl groups excluding tert-OH is 2. The van der Waals surface area contributed by atoms with E-state index >= 15 is 0 Å². The van der Waals surface area contributed by atoms with Gasteiger partial charge in [0, 0.05) is 52.4 Å². The van der Waals surface area contributed by atoms with Gasteiger partial charge in [-0.05, 0) is 57.2 Å². The number of nitrogens with zero attached hydrogens (tertiary/aromatic N) is 5. The van der Waals surface area contributed by atoms with Crippen LogP contribution in [0.1, 0.15) is 20.8 Å². The molecule has 4 heterocycles. The summed E-state index contributed by atoms with van der Waals surface area (Å²) in [6.45, 7) is 10.4. The van der Waals surface area contributed by atoms with Crippen LogP contribution in [0.5, 0.6) is 0 Å². The molecule has 4 fully saturated rings.